The number of carbonyl (C=O) groups is 1. The molecule has 1 aromatic rings. The van der Waals surface area contributed by atoms with Crippen molar-refractivity contribution >= 4 is 17.5 Å². The molecule has 0 spiro atoms. The summed E-state index contributed by atoms with van der Waals surface area (Å²) >= 11 is 6.14. The zero-order valence-electron chi connectivity index (χ0n) is 11.4. The predicted molar refractivity (Wildman–Crippen MR) is 75.8 cm³/mol. The van der Waals surface area contributed by atoms with Gasteiger partial charge in [-0.3, -0.25) is 4.79 Å². The van der Waals surface area contributed by atoms with Gasteiger partial charge in [-0.2, -0.15) is 0 Å². The van der Waals surface area contributed by atoms with Gasteiger partial charge in [0.1, 0.15) is 11.5 Å². The molecule has 0 radical (unpaired) electrons. The quantitative estimate of drug-likeness (QED) is 0.745. The molecule has 1 amide bonds. The lowest BCUT2D eigenvalue weighted by molar-refractivity contribution is 0.0949. The molecule has 0 saturated carbocycles. The first-order valence-electron chi connectivity index (χ1n) is 6.13. The van der Waals surface area contributed by atoms with E-state index in [4.69, 9.17) is 16.7 Å². The number of aromatic hydroxyl groups is 2. The van der Waals surface area contributed by atoms with Crippen molar-refractivity contribution in [3.05, 3.63) is 23.8 Å². The van der Waals surface area contributed by atoms with E-state index in [1.807, 2.05) is 0 Å². The summed E-state index contributed by atoms with van der Waals surface area (Å²) in [5.41, 5.74) is 0.218. The summed E-state index contributed by atoms with van der Waals surface area (Å²) in [4.78, 5) is 11.8. The van der Waals surface area contributed by atoms with Gasteiger partial charge in [0, 0.05) is 12.6 Å². The Morgan fingerprint density at radius 3 is 2.53 bits per heavy atom. The van der Waals surface area contributed by atoms with Crippen molar-refractivity contribution in [2.45, 2.75) is 32.6 Å². The van der Waals surface area contributed by atoms with Crippen molar-refractivity contribution in [1.82, 2.24) is 5.32 Å². The van der Waals surface area contributed by atoms with Gasteiger partial charge in [0.15, 0.2) is 0 Å². The molecule has 106 valence electrons. The fourth-order valence-electron chi connectivity index (χ4n) is 1.75. The molecule has 1 rings (SSSR count). The summed E-state index contributed by atoms with van der Waals surface area (Å²) in [6.45, 7) is 6.57. The van der Waals surface area contributed by atoms with E-state index in [0.717, 1.165) is 12.5 Å². The van der Waals surface area contributed by atoms with Crippen LogP contribution >= 0.6 is 11.6 Å². The number of halogens is 1. The third-order valence-electron chi connectivity index (χ3n) is 2.54. The number of nitrogens with one attached hydrogen (secondary N) is 1. The molecule has 4 nitrogen and oxygen atoms in total. The molecule has 0 aliphatic heterocycles. The maximum atomic E-state index is 11.8. The molecule has 1 atom stereocenters. The smallest absolute Gasteiger partial charge is 0.255 e. The Balaban J connectivity index is 2.56. The first-order chi connectivity index (χ1) is 8.69. The van der Waals surface area contributed by atoms with E-state index in [1.165, 1.54) is 12.1 Å². The highest BCUT2D eigenvalue weighted by atomic mass is 35.5. The first-order valence-corrected chi connectivity index (χ1v) is 6.57. The van der Waals surface area contributed by atoms with E-state index in [1.54, 1.807) is 0 Å². The number of benzene rings is 1. The molecule has 0 fully saturated rings. The Hall–Kier alpha value is -1.42. The van der Waals surface area contributed by atoms with Crippen molar-refractivity contribution in [3.8, 4) is 11.5 Å². The highest BCUT2D eigenvalue weighted by Gasteiger charge is 2.18. The Morgan fingerprint density at radius 2 is 2.00 bits per heavy atom. The van der Waals surface area contributed by atoms with Gasteiger partial charge in [-0.1, -0.05) is 20.8 Å². The van der Waals surface area contributed by atoms with Crippen molar-refractivity contribution < 1.29 is 15.0 Å². The van der Waals surface area contributed by atoms with E-state index in [-0.39, 0.29) is 27.9 Å². The number of phenolic OH excluding ortho intramolecular Hbond substituents is 2. The molecular formula is C14H20ClNO3. The Morgan fingerprint density at radius 1 is 1.37 bits per heavy atom. The number of hydrogen-bond acceptors (Lipinski definition) is 3. The van der Waals surface area contributed by atoms with E-state index in [2.05, 4.69) is 26.1 Å². The molecule has 0 aliphatic carbocycles. The SMILES string of the molecule is CC(C)(C)CC(Cl)CNC(=O)c1ccc(O)cc1O. The minimum Gasteiger partial charge on any atom is -0.508 e. The van der Waals surface area contributed by atoms with Gasteiger partial charge < -0.3 is 15.5 Å². The number of alkyl halides is 1. The number of carbonyl (C=O) groups excluding carboxylic acids is 1. The zero-order valence-corrected chi connectivity index (χ0v) is 12.2. The zero-order chi connectivity index (χ0) is 14.6. The molecule has 5 heteroatoms. The van der Waals surface area contributed by atoms with Crippen LogP contribution in [-0.4, -0.2) is 28.0 Å². The minimum atomic E-state index is -0.406. The van der Waals surface area contributed by atoms with Crippen LogP contribution in [0.5, 0.6) is 11.5 Å². The Labute approximate surface area is 118 Å². The molecule has 3 N–H and O–H groups in total. The van der Waals surface area contributed by atoms with Crippen LogP contribution in [0.1, 0.15) is 37.6 Å². The Bertz CT molecular complexity index is 454. The lowest BCUT2D eigenvalue weighted by Crippen LogP contribution is -2.31. The normalized spacial score (nSPS) is 13.1. The van der Waals surface area contributed by atoms with Gasteiger partial charge >= 0.3 is 0 Å². The highest BCUT2D eigenvalue weighted by Crippen LogP contribution is 2.24. The second-order valence-corrected chi connectivity index (χ2v) is 6.39. The molecule has 0 heterocycles. The predicted octanol–water partition coefficient (Wildman–Crippen LogP) is 2.87. The largest absolute Gasteiger partial charge is 0.508 e. The summed E-state index contributed by atoms with van der Waals surface area (Å²) < 4.78 is 0. The fourth-order valence-corrected chi connectivity index (χ4v) is 2.29. The third kappa shape index (κ3) is 5.39. The summed E-state index contributed by atoms with van der Waals surface area (Å²) in [5.74, 6) is -0.742. The van der Waals surface area contributed by atoms with Gasteiger partial charge in [-0.25, -0.2) is 0 Å². The molecule has 0 aromatic heterocycles. The van der Waals surface area contributed by atoms with Crippen molar-refractivity contribution in [3.63, 3.8) is 0 Å². The van der Waals surface area contributed by atoms with Gasteiger partial charge in [0.25, 0.3) is 5.91 Å². The lowest BCUT2D eigenvalue weighted by Gasteiger charge is -2.22. The lowest BCUT2D eigenvalue weighted by atomic mass is 9.90. The number of rotatable bonds is 4. The molecular weight excluding hydrogens is 266 g/mol. The summed E-state index contributed by atoms with van der Waals surface area (Å²) in [5, 5.41) is 21.2. The van der Waals surface area contributed by atoms with Gasteiger partial charge in [-0.15, -0.1) is 11.6 Å². The van der Waals surface area contributed by atoms with Crippen LogP contribution in [0.4, 0.5) is 0 Å². The van der Waals surface area contributed by atoms with E-state index in [0.29, 0.717) is 6.54 Å². The maximum absolute atomic E-state index is 11.8. The summed E-state index contributed by atoms with van der Waals surface area (Å²) in [7, 11) is 0. The second-order valence-electron chi connectivity index (χ2n) is 5.77. The van der Waals surface area contributed by atoms with Gasteiger partial charge in [0.2, 0.25) is 0 Å². The highest BCUT2D eigenvalue weighted by molar-refractivity contribution is 6.21. The monoisotopic (exact) mass is 285 g/mol. The standard InChI is InChI=1S/C14H20ClNO3/c1-14(2,3)7-9(15)8-16-13(19)11-5-4-10(17)6-12(11)18/h4-6,9,17-18H,7-8H2,1-3H3,(H,16,19). The Kier molecular flexibility index (Phi) is 5.06. The van der Waals surface area contributed by atoms with Crippen molar-refractivity contribution in [1.29, 1.82) is 0 Å². The van der Waals surface area contributed by atoms with Gasteiger partial charge in [-0.05, 0) is 24.0 Å². The molecule has 1 unspecified atom stereocenters. The molecule has 1 aromatic carbocycles. The van der Waals surface area contributed by atoms with Crippen LogP contribution in [0, 0.1) is 5.41 Å². The van der Waals surface area contributed by atoms with Crippen LogP contribution in [0.25, 0.3) is 0 Å². The van der Waals surface area contributed by atoms with Crippen molar-refractivity contribution in [2.75, 3.05) is 6.54 Å². The van der Waals surface area contributed by atoms with Crippen LogP contribution in [-0.2, 0) is 0 Å². The van der Waals surface area contributed by atoms with E-state index < -0.39 is 5.91 Å². The molecule has 19 heavy (non-hydrogen) atoms. The van der Waals surface area contributed by atoms with Crippen molar-refractivity contribution in [2.24, 2.45) is 5.41 Å². The van der Waals surface area contributed by atoms with Crippen LogP contribution in [0.2, 0.25) is 0 Å². The third-order valence-corrected chi connectivity index (χ3v) is 2.85. The van der Waals surface area contributed by atoms with Crippen LogP contribution < -0.4 is 5.32 Å². The fraction of sp³-hybridized carbons (Fsp3) is 0.500. The van der Waals surface area contributed by atoms with E-state index in [9.17, 15) is 9.90 Å². The summed E-state index contributed by atoms with van der Waals surface area (Å²) in [6.07, 6.45) is 0.774. The first kappa shape index (κ1) is 15.6. The average molecular weight is 286 g/mol. The number of phenols is 2. The van der Waals surface area contributed by atoms with Crippen LogP contribution in [0.15, 0.2) is 18.2 Å². The van der Waals surface area contributed by atoms with E-state index >= 15 is 0 Å². The topological polar surface area (TPSA) is 69.6 Å². The van der Waals surface area contributed by atoms with Crippen LogP contribution in [0.3, 0.4) is 0 Å². The molecule has 0 aliphatic rings. The summed E-state index contributed by atoms with van der Waals surface area (Å²) in [6, 6.07) is 3.84. The minimum absolute atomic E-state index is 0.0861. The second kappa shape index (κ2) is 6.15. The van der Waals surface area contributed by atoms with Gasteiger partial charge in [0.05, 0.1) is 10.9 Å². The maximum Gasteiger partial charge on any atom is 0.255 e. The molecule has 0 bridgehead atoms. The number of amides is 1. The average Bonchev–Trinajstić information content (AvgIpc) is 2.23. The number of hydrogen-bond donors (Lipinski definition) is 3. The molecule has 0 saturated heterocycles.